The topological polar surface area (TPSA) is 75.7 Å². The van der Waals surface area contributed by atoms with Crippen molar-refractivity contribution in [1.82, 2.24) is 0 Å². The van der Waals surface area contributed by atoms with E-state index in [0.717, 1.165) is 17.0 Å². The van der Waals surface area contributed by atoms with E-state index in [9.17, 15) is 23.2 Å². The fraction of sp³-hybridized carbons (Fsp3) is 0.211. The molecule has 0 aliphatic heterocycles. The first-order valence-electron chi connectivity index (χ1n) is 8.12. The number of anilines is 2. The predicted octanol–water partition coefficient (Wildman–Crippen LogP) is 3.13. The van der Waals surface area contributed by atoms with Crippen LogP contribution in [0.5, 0.6) is 0 Å². The number of halogens is 2. The third kappa shape index (κ3) is 5.10. The minimum atomic E-state index is -0.920. The molecule has 142 valence electrons. The number of nitrogens with one attached hydrogen (secondary N) is 1. The second-order valence-corrected chi connectivity index (χ2v) is 5.52. The summed E-state index contributed by atoms with van der Waals surface area (Å²) >= 11 is 0. The quantitative estimate of drug-likeness (QED) is 0.786. The number of hydrogen-bond acceptors (Lipinski definition) is 4. The van der Waals surface area contributed by atoms with Gasteiger partial charge in [-0.3, -0.25) is 9.59 Å². The van der Waals surface area contributed by atoms with E-state index in [2.05, 4.69) is 5.32 Å². The van der Waals surface area contributed by atoms with Crippen LogP contribution in [0.3, 0.4) is 0 Å². The molecule has 8 heteroatoms. The minimum Gasteiger partial charge on any atom is -0.462 e. The standard InChI is InChI=1S/C19H18F2N2O4/c1-3-27-19(26)13-7-9-14(10-8-13)23(12(2)24)11-17(25)22-18-15(20)5-4-6-16(18)21/h4-10H,3,11H2,1-2H3,(H,22,25). The van der Waals surface area contributed by atoms with Crippen molar-refractivity contribution >= 4 is 29.2 Å². The van der Waals surface area contributed by atoms with Crippen LogP contribution in [-0.4, -0.2) is 30.9 Å². The average molecular weight is 376 g/mol. The van der Waals surface area contributed by atoms with E-state index in [1.807, 2.05) is 0 Å². The molecule has 0 fully saturated rings. The molecule has 27 heavy (non-hydrogen) atoms. The summed E-state index contributed by atoms with van der Waals surface area (Å²) in [5, 5.41) is 2.12. The fourth-order valence-corrected chi connectivity index (χ4v) is 2.32. The number of ether oxygens (including phenoxy) is 1. The van der Waals surface area contributed by atoms with Gasteiger partial charge in [0.15, 0.2) is 0 Å². The van der Waals surface area contributed by atoms with Crippen LogP contribution < -0.4 is 10.2 Å². The maximum absolute atomic E-state index is 13.6. The number of carbonyl (C=O) groups is 3. The van der Waals surface area contributed by atoms with Gasteiger partial charge in [0.25, 0.3) is 0 Å². The molecular weight excluding hydrogens is 358 g/mol. The summed E-state index contributed by atoms with van der Waals surface area (Å²) in [5.74, 6) is -3.58. The lowest BCUT2D eigenvalue weighted by molar-refractivity contribution is -0.120. The Bertz CT molecular complexity index is 833. The second kappa shape index (κ2) is 8.88. The molecule has 2 amide bonds. The smallest absolute Gasteiger partial charge is 0.338 e. The number of nitrogens with zero attached hydrogens (tertiary/aromatic N) is 1. The Kier molecular flexibility index (Phi) is 6.59. The van der Waals surface area contributed by atoms with Crippen molar-refractivity contribution < 1.29 is 27.9 Å². The van der Waals surface area contributed by atoms with E-state index in [4.69, 9.17) is 4.74 Å². The van der Waals surface area contributed by atoms with Crippen LogP contribution in [0.4, 0.5) is 20.2 Å². The molecule has 0 aliphatic rings. The second-order valence-electron chi connectivity index (χ2n) is 5.52. The van der Waals surface area contributed by atoms with Crippen molar-refractivity contribution in [2.75, 3.05) is 23.4 Å². The number of carbonyl (C=O) groups excluding carboxylic acids is 3. The Labute approximate surface area is 154 Å². The molecule has 0 heterocycles. The maximum Gasteiger partial charge on any atom is 0.338 e. The highest BCUT2D eigenvalue weighted by Gasteiger charge is 2.19. The zero-order chi connectivity index (χ0) is 20.0. The van der Waals surface area contributed by atoms with Gasteiger partial charge < -0.3 is 15.0 Å². The lowest BCUT2D eigenvalue weighted by Crippen LogP contribution is -2.37. The average Bonchev–Trinajstić information content (AvgIpc) is 2.63. The van der Waals surface area contributed by atoms with Crippen LogP contribution in [-0.2, 0) is 14.3 Å². The number of rotatable bonds is 6. The van der Waals surface area contributed by atoms with Crippen LogP contribution in [0.15, 0.2) is 42.5 Å². The van der Waals surface area contributed by atoms with Gasteiger partial charge in [-0.2, -0.15) is 0 Å². The van der Waals surface area contributed by atoms with Gasteiger partial charge in [0.2, 0.25) is 11.8 Å². The van der Waals surface area contributed by atoms with Crippen LogP contribution >= 0.6 is 0 Å². The number of amides is 2. The molecule has 0 aliphatic carbocycles. The van der Waals surface area contributed by atoms with E-state index in [0.29, 0.717) is 11.3 Å². The summed E-state index contributed by atoms with van der Waals surface area (Å²) in [6, 6.07) is 9.06. The summed E-state index contributed by atoms with van der Waals surface area (Å²) in [6.45, 7) is 2.70. The van der Waals surface area contributed by atoms with Gasteiger partial charge in [-0.25, -0.2) is 13.6 Å². The Balaban J connectivity index is 2.14. The highest BCUT2D eigenvalue weighted by molar-refractivity contribution is 6.02. The summed E-state index contributed by atoms with van der Waals surface area (Å²) in [7, 11) is 0. The van der Waals surface area contributed by atoms with E-state index in [-0.39, 0.29) is 6.61 Å². The molecule has 2 rings (SSSR count). The number of benzene rings is 2. The van der Waals surface area contributed by atoms with Crippen LogP contribution in [0.25, 0.3) is 0 Å². The molecule has 0 saturated heterocycles. The van der Waals surface area contributed by atoms with Gasteiger partial charge in [0.05, 0.1) is 12.2 Å². The summed E-state index contributed by atoms with van der Waals surface area (Å²) in [4.78, 5) is 36.8. The SMILES string of the molecule is CCOC(=O)c1ccc(N(CC(=O)Nc2c(F)cccc2F)C(C)=O)cc1. The highest BCUT2D eigenvalue weighted by Crippen LogP contribution is 2.19. The van der Waals surface area contributed by atoms with Crippen LogP contribution in [0.1, 0.15) is 24.2 Å². The largest absolute Gasteiger partial charge is 0.462 e. The van der Waals surface area contributed by atoms with Gasteiger partial charge in [0.1, 0.15) is 23.9 Å². The molecule has 0 spiro atoms. The molecule has 0 aromatic heterocycles. The van der Waals surface area contributed by atoms with E-state index < -0.39 is 41.7 Å². The molecule has 0 atom stereocenters. The van der Waals surface area contributed by atoms with Crippen molar-refractivity contribution in [3.05, 3.63) is 59.7 Å². The first kappa shape index (κ1) is 20.0. The molecule has 2 aromatic rings. The Morgan fingerprint density at radius 3 is 2.15 bits per heavy atom. The lowest BCUT2D eigenvalue weighted by Gasteiger charge is -2.21. The fourth-order valence-electron chi connectivity index (χ4n) is 2.32. The Morgan fingerprint density at radius 2 is 1.63 bits per heavy atom. The first-order valence-corrected chi connectivity index (χ1v) is 8.12. The van der Waals surface area contributed by atoms with Crippen LogP contribution in [0, 0.1) is 11.6 Å². The number of esters is 1. The van der Waals surface area contributed by atoms with Crippen molar-refractivity contribution in [2.45, 2.75) is 13.8 Å². The minimum absolute atomic E-state index is 0.229. The Morgan fingerprint density at radius 1 is 1.04 bits per heavy atom. The highest BCUT2D eigenvalue weighted by atomic mass is 19.1. The molecule has 0 saturated carbocycles. The molecule has 1 N–H and O–H groups in total. The number of hydrogen-bond donors (Lipinski definition) is 1. The van der Waals surface area contributed by atoms with E-state index in [1.165, 1.54) is 37.3 Å². The molecular formula is C19H18F2N2O4. The van der Waals surface area contributed by atoms with Gasteiger partial charge >= 0.3 is 5.97 Å². The summed E-state index contributed by atoms with van der Waals surface area (Å²) in [5.41, 5.74) is 0.0605. The predicted molar refractivity (Wildman–Crippen MR) is 95.4 cm³/mol. The van der Waals surface area contributed by atoms with Gasteiger partial charge in [0, 0.05) is 12.6 Å². The van der Waals surface area contributed by atoms with Gasteiger partial charge in [-0.05, 0) is 43.3 Å². The third-order valence-electron chi connectivity index (χ3n) is 3.60. The zero-order valence-corrected chi connectivity index (χ0v) is 14.8. The summed E-state index contributed by atoms with van der Waals surface area (Å²) in [6.07, 6.45) is 0. The monoisotopic (exact) mass is 376 g/mol. The third-order valence-corrected chi connectivity index (χ3v) is 3.60. The van der Waals surface area contributed by atoms with Crippen molar-refractivity contribution in [2.24, 2.45) is 0 Å². The van der Waals surface area contributed by atoms with Crippen molar-refractivity contribution in [1.29, 1.82) is 0 Å². The number of para-hydroxylation sites is 1. The first-order chi connectivity index (χ1) is 12.8. The van der Waals surface area contributed by atoms with Gasteiger partial charge in [-0.15, -0.1) is 0 Å². The normalized spacial score (nSPS) is 10.2. The Hall–Kier alpha value is -3.29. The molecule has 6 nitrogen and oxygen atoms in total. The molecule has 2 aromatic carbocycles. The van der Waals surface area contributed by atoms with Gasteiger partial charge in [-0.1, -0.05) is 6.07 Å². The zero-order valence-electron chi connectivity index (χ0n) is 14.8. The van der Waals surface area contributed by atoms with Crippen LogP contribution in [0.2, 0.25) is 0 Å². The maximum atomic E-state index is 13.6. The summed E-state index contributed by atoms with van der Waals surface area (Å²) < 4.78 is 32.1. The van der Waals surface area contributed by atoms with Crippen molar-refractivity contribution in [3.63, 3.8) is 0 Å². The van der Waals surface area contributed by atoms with E-state index >= 15 is 0 Å². The van der Waals surface area contributed by atoms with Crippen molar-refractivity contribution in [3.8, 4) is 0 Å². The molecule has 0 radical (unpaired) electrons. The molecule has 0 unspecified atom stereocenters. The molecule has 0 bridgehead atoms. The van der Waals surface area contributed by atoms with E-state index in [1.54, 1.807) is 6.92 Å². The lowest BCUT2D eigenvalue weighted by atomic mass is 10.2.